The number of carbonyl (C=O) groups excluding carboxylic acids is 1. The zero-order chi connectivity index (χ0) is 17.8. The van der Waals surface area contributed by atoms with Crippen LogP contribution in [-0.4, -0.2) is 26.3 Å². The van der Waals surface area contributed by atoms with Gasteiger partial charge in [0.1, 0.15) is 5.82 Å². The van der Waals surface area contributed by atoms with Gasteiger partial charge in [-0.1, -0.05) is 48.2 Å². The molecule has 0 aliphatic heterocycles. The third-order valence-electron chi connectivity index (χ3n) is 3.60. The second-order valence-corrected chi connectivity index (χ2v) is 6.85. The SMILES string of the molecule is Cc1ccc(NC(=O)[C@H](C)Sc2n[nH]c(-c3ccccc3)n2)cc1F. The van der Waals surface area contributed by atoms with Gasteiger partial charge >= 0.3 is 0 Å². The smallest absolute Gasteiger partial charge is 0.237 e. The molecule has 3 aromatic rings. The van der Waals surface area contributed by atoms with Crippen molar-refractivity contribution in [3.63, 3.8) is 0 Å². The van der Waals surface area contributed by atoms with Crippen LogP contribution in [0.25, 0.3) is 11.4 Å². The normalized spacial score (nSPS) is 12.0. The molecule has 0 aliphatic carbocycles. The highest BCUT2D eigenvalue weighted by Gasteiger charge is 2.18. The molecule has 0 spiro atoms. The van der Waals surface area contributed by atoms with Crippen LogP contribution in [0.5, 0.6) is 0 Å². The first-order valence-corrected chi connectivity index (χ1v) is 8.62. The van der Waals surface area contributed by atoms with Crippen LogP contribution in [0.4, 0.5) is 10.1 Å². The van der Waals surface area contributed by atoms with Crippen LogP contribution in [0.2, 0.25) is 0 Å². The van der Waals surface area contributed by atoms with E-state index < -0.39 is 5.25 Å². The fraction of sp³-hybridized carbons (Fsp3) is 0.167. The van der Waals surface area contributed by atoms with E-state index in [0.29, 0.717) is 22.2 Å². The molecule has 0 fully saturated rings. The van der Waals surface area contributed by atoms with Crippen LogP contribution < -0.4 is 5.32 Å². The molecule has 0 radical (unpaired) electrons. The Balaban J connectivity index is 1.63. The van der Waals surface area contributed by atoms with Crippen molar-refractivity contribution >= 4 is 23.4 Å². The molecule has 1 heterocycles. The minimum Gasteiger partial charge on any atom is -0.325 e. The molecule has 2 N–H and O–H groups in total. The van der Waals surface area contributed by atoms with E-state index in [9.17, 15) is 9.18 Å². The van der Waals surface area contributed by atoms with Gasteiger partial charge in [-0.15, -0.1) is 5.10 Å². The van der Waals surface area contributed by atoms with Crippen LogP contribution in [0.3, 0.4) is 0 Å². The van der Waals surface area contributed by atoms with Crippen LogP contribution in [-0.2, 0) is 4.79 Å². The number of H-pyrrole nitrogens is 1. The molecule has 5 nitrogen and oxygen atoms in total. The third-order valence-corrected chi connectivity index (χ3v) is 4.56. The lowest BCUT2D eigenvalue weighted by atomic mass is 10.2. The van der Waals surface area contributed by atoms with Gasteiger partial charge in [0.15, 0.2) is 5.82 Å². The maximum absolute atomic E-state index is 13.6. The largest absolute Gasteiger partial charge is 0.325 e. The predicted octanol–water partition coefficient (Wildman–Crippen LogP) is 4.04. The topological polar surface area (TPSA) is 70.7 Å². The van der Waals surface area contributed by atoms with E-state index >= 15 is 0 Å². The lowest BCUT2D eigenvalue weighted by molar-refractivity contribution is -0.115. The fourth-order valence-electron chi connectivity index (χ4n) is 2.15. The van der Waals surface area contributed by atoms with E-state index in [0.717, 1.165) is 5.56 Å². The maximum atomic E-state index is 13.6. The standard InChI is InChI=1S/C18H17FN4OS/c1-11-8-9-14(10-15(11)19)20-17(24)12(2)25-18-21-16(22-23-18)13-6-4-3-5-7-13/h3-10,12H,1-2H3,(H,20,24)(H,21,22,23)/t12-/m0/s1. The van der Waals surface area contributed by atoms with Crippen molar-refractivity contribution < 1.29 is 9.18 Å². The third kappa shape index (κ3) is 4.24. The Hall–Kier alpha value is -2.67. The molecule has 0 saturated carbocycles. The summed E-state index contributed by atoms with van der Waals surface area (Å²) < 4.78 is 13.6. The monoisotopic (exact) mass is 356 g/mol. The lowest BCUT2D eigenvalue weighted by Gasteiger charge is -2.10. The average molecular weight is 356 g/mol. The predicted molar refractivity (Wildman–Crippen MR) is 96.9 cm³/mol. The quantitative estimate of drug-likeness (QED) is 0.677. The van der Waals surface area contributed by atoms with Crippen molar-refractivity contribution in [3.05, 3.63) is 59.9 Å². The van der Waals surface area contributed by atoms with Gasteiger partial charge in [0, 0.05) is 11.3 Å². The van der Waals surface area contributed by atoms with Gasteiger partial charge in [0.2, 0.25) is 11.1 Å². The second kappa shape index (κ2) is 7.48. The Morgan fingerprint density at radius 1 is 1.24 bits per heavy atom. The Labute approximate surface area is 149 Å². The van der Waals surface area contributed by atoms with Crippen molar-refractivity contribution in [2.45, 2.75) is 24.3 Å². The summed E-state index contributed by atoms with van der Waals surface area (Å²) in [6.07, 6.45) is 0. The highest BCUT2D eigenvalue weighted by atomic mass is 32.2. The number of aryl methyl sites for hydroxylation is 1. The summed E-state index contributed by atoms with van der Waals surface area (Å²) in [7, 11) is 0. The van der Waals surface area contributed by atoms with Crippen LogP contribution in [0.15, 0.2) is 53.7 Å². The van der Waals surface area contributed by atoms with Crippen molar-refractivity contribution in [1.82, 2.24) is 15.2 Å². The fourth-order valence-corrected chi connectivity index (χ4v) is 2.87. The second-order valence-electron chi connectivity index (χ2n) is 5.55. The van der Waals surface area contributed by atoms with E-state index in [-0.39, 0.29) is 11.7 Å². The minimum absolute atomic E-state index is 0.237. The number of amides is 1. The van der Waals surface area contributed by atoms with Crippen LogP contribution in [0, 0.1) is 12.7 Å². The lowest BCUT2D eigenvalue weighted by Crippen LogP contribution is -2.22. The number of hydrogen-bond acceptors (Lipinski definition) is 4. The Morgan fingerprint density at radius 3 is 2.72 bits per heavy atom. The van der Waals surface area contributed by atoms with Crippen molar-refractivity contribution in [2.75, 3.05) is 5.32 Å². The first-order valence-electron chi connectivity index (χ1n) is 7.74. The number of carbonyl (C=O) groups is 1. The molecule has 0 unspecified atom stereocenters. The molecule has 3 rings (SSSR count). The molecular formula is C18H17FN4OS. The number of rotatable bonds is 5. The minimum atomic E-state index is -0.427. The van der Waals surface area contributed by atoms with E-state index in [2.05, 4.69) is 20.5 Å². The first-order chi connectivity index (χ1) is 12.0. The zero-order valence-corrected chi connectivity index (χ0v) is 14.6. The van der Waals surface area contributed by atoms with Gasteiger partial charge in [0.25, 0.3) is 0 Å². The van der Waals surface area contributed by atoms with E-state index in [1.54, 1.807) is 26.0 Å². The summed E-state index contributed by atoms with van der Waals surface area (Å²) in [6.45, 7) is 3.43. The van der Waals surface area contributed by atoms with E-state index in [1.165, 1.54) is 17.8 Å². The van der Waals surface area contributed by atoms with Crippen molar-refractivity contribution in [1.29, 1.82) is 0 Å². The molecule has 2 aromatic carbocycles. The number of halogens is 1. The van der Waals surface area contributed by atoms with Gasteiger partial charge in [-0.3, -0.25) is 9.89 Å². The number of thioether (sulfide) groups is 1. The summed E-state index contributed by atoms with van der Waals surface area (Å²) in [4.78, 5) is 16.7. The molecule has 1 amide bonds. The van der Waals surface area contributed by atoms with E-state index in [4.69, 9.17) is 0 Å². The molecule has 128 valence electrons. The summed E-state index contributed by atoms with van der Waals surface area (Å²) in [5, 5.41) is 9.76. The Bertz CT molecular complexity index is 882. The van der Waals surface area contributed by atoms with Crippen molar-refractivity contribution in [3.8, 4) is 11.4 Å². The maximum Gasteiger partial charge on any atom is 0.237 e. The van der Waals surface area contributed by atoms with Gasteiger partial charge in [-0.25, -0.2) is 9.37 Å². The number of hydrogen-bond donors (Lipinski definition) is 2. The highest BCUT2D eigenvalue weighted by Crippen LogP contribution is 2.23. The number of nitrogens with zero attached hydrogens (tertiary/aromatic N) is 2. The summed E-state index contributed by atoms with van der Waals surface area (Å²) in [5.41, 5.74) is 1.89. The van der Waals surface area contributed by atoms with E-state index in [1.807, 2.05) is 30.3 Å². The van der Waals surface area contributed by atoms with Crippen LogP contribution >= 0.6 is 11.8 Å². The number of anilines is 1. The molecule has 1 atom stereocenters. The van der Waals surface area contributed by atoms with Crippen LogP contribution in [0.1, 0.15) is 12.5 Å². The molecule has 0 saturated heterocycles. The average Bonchev–Trinajstić information content (AvgIpc) is 3.07. The summed E-state index contributed by atoms with van der Waals surface area (Å²) in [5.74, 6) is 0.0650. The number of benzene rings is 2. The van der Waals surface area contributed by atoms with Gasteiger partial charge in [0.05, 0.1) is 5.25 Å². The van der Waals surface area contributed by atoms with Gasteiger partial charge in [-0.05, 0) is 31.5 Å². The van der Waals surface area contributed by atoms with Gasteiger partial charge < -0.3 is 5.32 Å². The molecule has 25 heavy (non-hydrogen) atoms. The number of aromatic amines is 1. The first kappa shape index (κ1) is 17.2. The molecule has 0 bridgehead atoms. The number of aromatic nitrogens is 3. The Kier molecular flexibility index (Phi) is 5.14. The summed E-state index contributed by atoms with van der Waals surface area (Å²) in [6, 6.07) is 14.2. The molecular weight excluding hydrogens is 339 g/mol. The zero-order valence-electron chi connectivity index (χ0n) is 13.8. The highest BCUT2D eigenvalue weighted by molar-refractivity contribution is 8.00. The Morgan fingerprint density at radius 2 is 2.00 bits per heavy atom. The molecule has 7 heteroatoms. The summed E-state index contributed by atoms with van der Waals surface area (Å²) >= 11 is 1.23. The van der Waals surface area contributed by atoms with Gasteiger partial charge in [-0.2, -0.15) is 0 Å². The molecule has 1 aromatic heterocycles. The van der Waals surface area contributed by atoms with Crippen molar-refractivity contribution in [2.24, 2.45) is 0 Å². The number of nitrogens with one attached hydrogen (secondary N) is 2. The molecule has 0 aliphatic rings.